The van der Waals surface area contributed by atoms with Gasteiger partial charge < -0.3 is 10.5 Å². The van der Waals surface area contributed by atoms with Crippen molar-refractivity contribution in [3.63, 3.8) is 0 Å². The van der Waals surface area contributed by atoms with E-state index in [0.717, 1.165) is 12.8 Å². The van der Waals surface area contributed by atoms with Gasteiger partial charge in [-0.05, 0) is 43.9 Å². The van der Waals surface area contributed by atoms with E-state index in [9.17, 15) is 4.79 Å². The first-order valence-corrected chi connectivity index (χ1v) is 6.67. The van der Waals surface area contributed by atoms with Crippen molar-refractivity contribution >= 4 is 29.2 Å². The number of carbonyl (C=O) groups is 1. The molecule has 1 fully saturated rings. The summed E-state index contributed by atoms with van der Waals surface area (Å²) < 4.78 is 5.09. The average molecular weight is 288 g/mol. The zero-order valence-corrected chi connectivity index (χ0v) is 11.6. The molecule has 1 saturated carbocycles. The lowest BCUT2D eigenvalue weighted by Gasteiger charge is -2.28. The van der Waals surface area contributed by atoms with Crippen LogP contribution in [0.15, 0.2) is 18.2 Å². The van der Waals surface area contributed by atoms with Crippen LogP contribution in [-0.2, 0) is 15.1 Å². The molecule has 98 valence electrons. The Labute approximate surface area is 116 Å². The molecule has 0 saturated heterocycles. The Kier molecular flexibility index (Phi) is 3.85. The van der Waals surface area contributed by atoms with Gasteiger partial charge in [-0.3, -0.25) is 0 Å². The number of carbonyl (C=O) groups excluding carboxylic acids is 1. The van der Waals surface area contributed by atoms with Crippen molar-refractivity contribution in [2.24, 2.45) is 11.7 Å². The summed E-state index contributed by atoms with van der Waals surface area (Å²) in [5.41, 5.74) is 5.68. The number of halogens is 2. The minimum absolute atomic E-state index is 0.0764. The van der Waals surface area contributed by atoms with Crippen LogP contribution in [0.25, 0.3) is 0 Å². The third kappa shape index (κ3) is 2.35. The van der Waals surface area contributed by atoms with E-state index >= 15 is 0 Å². The molecule has 0 spiro atoms. The predicted molar refractivity (Wildman–Crippen MR) is 71.7 cm³/mol. The number of hydrogen-bond donors (Lipinski definition) is 1. The van der Waals surface area contributed by atoms with Crippen LogP contribution in [0.3, 0.4) is 0 Å². The minimum atomic E-state index is -1.18. The van der Waals surface area contributed by atoms with Crippen LogP contribution < -0.4 is 5.73 Å². The molecule has 0 amide bonds. The number of ether oxygens (including phenoxy) is 1. The second-order valence-electron chi connectivity index (χ2n) is 4.49. The number of esters is 1. The minimum Gasteiger partial charge on any atom is -0.464 e. The lowest BCUT2D eigenvalue weighted by molar-refractivity contribution is -0.151. The molecule has 18 heavy (non-hydrogen) atoms. The van der Waals surface area contributed by atoms with Gasteiger partial charge in [-0.2, -0.15) is 0 Å². The number of nitrogens with two attached hydrogens (primary N) is 1. The van der Waals surface area contributed by atoms with Crippen molar-refractivity contribution in [1.82, 2.24) is 0 Å². The molecule has 1 aromatic carbocycles. The first-order valence-electron chi connectivity index (χ1n) is 5.91. The molecule has 0 aliphatic heterocycles. The summed E-state index contributed by atoms with van der Waals surface area (Å²) >= 11 is 12.1. The molecular weight excluding hydrogens is 273 g/mol. The molecule has 1 unspecified atom stereocenters. The first kappa shape index (κ1) is 13.7. The standard InChI is InChI=1S/C13H15Cl2NO2/c1-2-18-12(17)13(16,8-3-4-8)10-7-9(14)5-6-11(10)15/h5-8H,2-4,16H2,1H3. The Bertz CT molecular complexity index is 474. The van der Waals surface area contributed by atoms with Gasteiger partial charge in [0.1, 0.15) is 5.54 Å². The van der Waals surface area contributed by atoms with Crippen molar-refractivity contribution in [2.75, 3.05) is 6.61 Å². The van der Waals surface area contributed by atoms with Crippen LogP contribution >= 0.6 is 23.2 Å². The fourth-order valence-electron chi connectivity index (χ4n) is 2.10. The molecule has 1 aliphatic carbocycles. The summed E-state index contributed by atoms with van der Waals surface area (Å²) in [6, 6.07) is 4.98. The average Bonchev–Trinajstić information content (AvgIpc) is 3.16. The van der Waals surface area contributed by atoms with Crippen molar-refractivity contribution < 1.29 is 9.53 Å². The van der Waals surface area contributed by atoms with Gasteiger partial charge in [0.15, 0.2) is 0 Å². The van der Waals surface area contributed by atoms with Gasteiger partial charge in [0.2, 0.25) is 0 Å². The topological polar surface area (TPSA) is 52.3 Å². The second-order valence-corrected chi connectivity index (χ2v) is 5.33. The molecule has 3 nitrogen and oxygen atoms in total. The maximum Gasteiger partial charge on any atom is 0.331 e. The Hall–Kier alpha value is -0.770. The van der Waals surface area contributed by atoms with E-state index in [1.807, 2.05) is 0 Å². The third-order valence-corrected chi connectivity index (χ3v) is 3.77. The number of benzene rings is 1. The van der Waals surface area contributed by atoms with Gasteiger partial charge in [0.25, 0.3) is 0 Å². The van der Waals surface area contributed by atoms with Gasteiger partial charge in [-0.1, -0.05) is 23.2 Å². The summed E-state index contributed by atoms with van der Waals surface area (Å²) in [7, 11) is 0. The van der Waals surface area contributed by atoms with Crippen LogP contribution in [0.2, 0.25) is 10.0 Å². The highest BCUT2D eigenvalue weighted by Crippen LogP contribution is 2.47. The largest absolute Gasteiger partial charge is 0.464 e. The maximum absolute atomic E-state index is 12.2. The zero-order chi connectivity index (χ0) is 13.3. The lowest BCUT2D eigenvalue weighted by atomic mass is 9.86. The highest BCUT2D eigenvalue weighted by Gasteiger charge is 2.51. The van der Waals surface area contributed by atoms with E-state index in [1.54, 1.807) is 25.1 Å². The summed E-state index contributed by atoms with van der Waals surface area (Å²) in [6.07, 6.45) is 1.80. The normalized spacial score (nSPS) is 18.2. The summed E-state index contributed by atoms with van der Waals surface area (Å²) in [5, 5.41) is 0.955. The van der Waals surface area contributed by atoms with Gasteiger partial charge in [0, 0.05) is 15.6 Å². The Balaban J connectivity index is 2.46. The van der Waals surface area contributed by atoms with Crippen LogP contribution in [0, 0.1) is 5.92 Å². The summed E-state index contributed by atoms with van der Waals surface area (Å²) in [4.78, 5) is 12.2. The van der Waals surface area contributed by atoms with Crippen LogP contribution in [-0.4, -0.2) is 12.6 Å². The maximum atomic E-state index is 12.2. The molecule has 1 aromatic rings. The van der Waals surface area contributed by atoms with E-state index in [4.69, 9.17) is 33.7 Å². The van der Waals surface area contributed by atoms with E-state index in [1.165, 1.54) is 0 Å². The summed E-state index contributed by atoms with van der Waals surface area (Å²) in [6.45, 7) is 2.05. The molecule has 1 aliphatic rings. The van der Waals surface area contributed by atoms with Crippen LogP contribution in [0.4, 0.5) is 0 Å². The van der Waals surface area contributed by atoms with Crippen LogP contribution in [0.5, 0.6) is 0 Å². The van der Waals surface area contributed by atoms with E-state index in [2.05, 4.69) is 0 Å². The quantitative estimate of drug-likeness (QED) is 0.866. The first-order chi connectivity index (χ1) is 8.50. The fraction of sp³-hybridized carbons (Fsp3) is 0.462. The molecule has 5 heteroatoms. The zero-order valence-electron chi connectivity index (χ0n) is 10.1. The van der Waals surface area contributed by atoms with Crippen LogP contribution in [0.1, 0.15) is 25.3 Å². The molecule has 0 aromatic heterocycles. The van der Waals surface area contributed by atoms with Gasteiger partial charge in [-0.15, -0.1) is 0 Å². The molecule has 1 atom stereocenters. The summed E-state index contributed by atoms with van der Waals surface area (Å²) in [5.74, 6) is -0.357. The molecule has 2 N–H and O–H groups in total. The van der Waals surface area contributed by atoms with Crippen molar-refractivity contribution in [1.29, 1.82) is 0 Å². The predicted octanol–water partition coefficient (Wildman–Crippen LogP) is 3.12. The van der Waals surface area contributed by atoms with Gasteiger partial charge >= 0.3 is 5.97 Å². The van der Waals surface area contributed by atoms with Crippen molar-refractivity contribution in [2.45, 2.75) is 25.3 Å². The second kappa shape index (κ2) is 5.08. The molecule has 2 rings (SSSR count). The highest BCUT2D eigenvalue weighted by atomic mass is 35.5. The van der Waals surface area contributed by atoms with E-state index in [-0.39, 0.29) is 5.92 Å². The lowest BCUT2D eigenvalue weighted by Crippen LogP contribution is -2.48. The van der Waals surface area contributed by atoms with E-state index in [0.29, 0.717) is 22.2 Å². The van der Waals surface area contributed by atoms with Gasteiger partial charge in [0.05, 0.1) is 6.61 Å². The Morgan fingerprint density at radius 1 is 1.50 bits per heavy atom. The van der Waals surface area contributed by atoms with Gasteiger partial charge in [-0.25, -0.2) is 4.79 Å². The Morgan fingerprint density at radius 2 is 2.17 bits per heavy atom. The van der Waals surface area contributed by atoms with E-state index < -0.39 is 11.5 Å². The van der Waals surface area contributed by atoms with Crippen molar-refractivity contribution in [3.05, 3.63) is 33.8 Å². The Morgan fingerprint density at radius 3 is 2.72 bits per heavy atom. The monoisotopic (exact) mass is 287 g/mol. The fourth-order valence-corrected chi connectivity index (χ4v) is 2.55. The molecule has 0 bridgehead atoms. The number of rotatable bonds is 4. The van der Waals surface area contributed by atoms with Crippen molar-refractivity contribution in [3.8, 4) is 0 Å². The smallest absolute Gasteiger partial charge is 0.331 e. The number of hydrogen-bond acceptors (Lipinski definition) is 3. The third-order valence-electron chi connectivity index (χ3n) is 3.21. The molecular formula is C13H15Cl2NO2. The molecule has 0 radical (unpaired) electrons. The SMILES string of the molecule is CCOC(=O)C(N)(c1cc(Cl)ccc1Cl)C1CC1. The molecule has 0 heterocycles. The highest BCUT2D eigenvalue weighted by molar-refractivity contribution is 6.34.